The van der Waals surface area contributed by atoms with Gasteiger partial charge in [0.25, 0.3) is 5.56 Å². The zero-order chi connectivity index (χ0) is 12.1. The van der Waals surface area contributed by atoms with Crippen LogP contribution in [0.15, 0.2) is 53.5 Å². The molecule has 0 radical (unpaired) electrons. The number of aromatic nitrogens is 1. The third kappa shape index (κ3) is 3.31. The van der Waals surface area contributed by atoms with E-state index in [1.165, 1.54) is 5.56 Å². The van der Waals surface area contributed by atoms with Crippen LogP contribution in [0.1, 0.15) is 17.5 Å². The summed E-state index contributed by atoms with van der Waals surface area (Å²) in [5.74, 6) is 0. The molecule has 0 fully saturated rings. The number of hydrogen-bond donors (Lipinski definition) is 0. The van der Waals surface area contributed by atoms with Crippen LogP contribution < -0.4 is 5.56 Å². The van der Waals surface area contributed by atoms with Crippen LogP contribution >= 0.6 is 0 Å². The molecule has 0 aliphatic heterocycles. The molecule has 2 rings (SSSR count). The molecule has 2 nitrogen and oxygen atoms in total. The second kappa shape index (κ2) is 5.48. The van der Waals surface area contributed by atoms with E-state index in [4.69, 9.17) is 0 Å². The molecule has 0 aliphatic carbocycles. The second-order valence-corrected chi connectivity index (χ2v) is 4.32. The van der Waals surface area contributed by atoms with Gasteiger partial charge in [-0.15, -0.1) is 0 Å². The van der Waals surface area contributed by atoms with Gasteiger partial charge < -0.3 is 4.57 Å². The fourth-order valence-electron chi connectivity index (χ4n) is 1.89. The molecule has 0 unspecified atom stereocenters. The Morgan fingerprint density at radius 1 is 1.12 bits per heavy atom. The lowest BCUT2D eigenvalue weighted by Gasteiger charge is -2.05. The Balaban J connectivity index is 1.93. The van der Waals surface area contributed by atoms with Crippen molar-refractivity contribution in [3.63, 3.8) is 0 Å². The smallest absolute Gasteiger partial charge is 0.250 e. The Kier molecular flexibility index (Phi) is 3.76. The number of nitrogens with zero attached hydrogens (tertiary/aromatic N) is 1. The van der Waals surface area contributed by atoms with Crippen LogP contribution in [0.2, 0.25) is 0 Å². The summed E-state index contributed by atoms with van der Waals surface area (Å²) in [5, 5.41) is 0. The molecule has 1 heterocycles. The van der Waals surface area contributed by atoms with Crippen molar-refractivity contribution < 1.29 is 0 Å². The second-order valence-electron chi connectivity index (χ2n) is 4.32. The number of pyridine rings is 1. The fraction of sp³-hybridized carbons (Fsp3) is 0.267. The first-order valence-corrected chi connectivity index (χ1v) is 5.97. The van der Waals surface area contributed by atoms with E-state index in [0.29, 0.717) is 0 Å². The number of rotatable bonds is 4. The first-order chi connectivity index (χ1) is 8.25. The van der Waals surface area contributed by atoms with Crippen LogP contribution in [0, 0.1) is 6.92 Å². The molecule has 0 N–H and O–H groups in total. The Labute approximate surface area is 102 Å². The van der Waals surface area contributed by atoms with Crippen molar-refractivity contribution in [3.05, 3.63) is 70.1 Å². The molecule has 1 aromatic heterocycles. The van der Waals surface area contributed by atoms with Crippen molar-refractivity contribution in [1.29, 1.82) is 0 Å². The first kappa shape index (κ1) is 11.6. The quantitative estimate of drug-likeness (QED) is 0.787. The lowest BCUT2D eigenvalue weighted by Crippen LogP contribution is -2.18. The average Bonchev–Trinajstić information content (AvgIpc) is 2.33. The first-order valence-electron chi connectivity index (χ1n) is 5.97. The molecule has 1 aromatic carbocycles. The average molecular weight is 227 g/mol. The van der Waals surface area contributed by atoms with E-state index >= 15 is 0 Å². The highest BCUT2D eigenvalue weighted by atomic mass is 16.1. The minimum atomic E-state index is 0.0954. The van der Waals surface area contributed by atoms with Gasteiger partial charge in [-0.05, 0) is 37.0 Å². The number of benzene rings is 1. The molecule has 2 heteroatoms. The van der Waals surface area contributed by atoms with Gasteiger partial charge >= 0.3 is 0 Å². The SMILES string of the molecule is Cc1ccn(CCCc2ccccc2)c(=O)c1. The van der Waals surface area contributed by atoms with E-state index < -0.39 is 0 Å². The standard InChI is InChI=1S/C15H17NO/c1-13-9-11-16(15(17)12-13)10-5-8-14-6-3-2-4-7-14/h2-4,6-7,9,11-12H,5,8,10H2,1H3. The third-order valence-corrected chi connectivity index (χ3v) is 2.86. The number of hydrogen-bond acceptors (Lipinski definition) is 1. The summed E-state index contributed by atoms with van der Waals surface area (Å²) < 4.78 is 1.77. The van der Waals surface area contributed by atoms with Gasteiger partial charge in [0.05, 0.1) is 0 Å². The summed E-state index contributed by atoms with van der Waals surface area (Å²) in [5.41, 5.74) is 2.44. The van der Waals surface area contributed by atoms with E-state index in [1.54, 1.807) is 10.6 Å². The van der Waals surface area contributed by atoms with Crippen LogP contribution in [0.4, 0.5) is 0 Å². The maximum atomic E-state index is 11.6. The highest BCUT2D eigenvalue weighted by Gasteiger charge is 1.97. The van der Waals surface area contributed by atoms with Gasteiger partial charge in [0.2, 0.25) is 0 Å². The molecule has 2 aromatic rings. The zero-order valence-corrected chi connectivity index (χ0v) is 10.1. The predicted molar refractivity (Wildman–Crippen MR) is 70.2 cm³/mol. The highest BCUT2D eigenvalue weighted by molar-refractivity contribution is 5.14. The molecule has 0 aliphatic rings. The summed E-state index contributed by atoms with van der Waals surface area (Å²) >= 11 is 0. The summed E-state index contributed by atoms with van der Waals surface area (Å²) in [7, 11) is 0. The maximum absolute atomic E-state index is 11.6. The van der Waals surface area contributed by atoms with Crippen LogP contribution in [0.25, 0.3) is 0 Å². The lowest BCUT2D eigenvalue weighted by atomic mass is 10.1. The summed E-state index contributed by atoms with van der Waals surface area (Å²) in [6.07, 6.45) is 3.89. The van der Waals surface area contributed by atoms with Crippen molar-refractivity contribution in [2.24, 2.45) is 0 Å². The molecule has 17 heavy (non-hydrogen) atoms. The van der Waals surface area contributed by atoms with Crippen molar-refractivity contribution in [2.75, 3.05) is 0 Å². The van der Waals surface area contributed by atoms with Crippen LogP contribution in [-0.2, 0) is 13.0 Å². The van der Waals surface area contributed by atoms with Crippen molar-refractivity contribution >= 4 is 0 Å². The van der Waals surface area contributed by atoms with Crippen molar-refractivity contribution in [2.45, 2.75) is 26.3 Å². The minimum absolute atomic E-state index is 0.0954. The number of aryl methyl sites for hydroxylation is 3. The fourth-order valence-corrected chi connectivity index (χ4v) is 1.89. The van der Waals surface area contributed by atoms with Crippen molar-refractivity contribution in [1.82, 2.24) is 4.57 Å². The summed E-state index contributed by atoms with van der Waals surface area (Å²) in [6.45, 7) is 2.73. The van der Waals surface area contributed by atoms with Gasteiger partial charge in [0, 0.05) is 18.8 Å². The van der Waals surface area contributed by atoms with E-state index in [9.17, 15) is 4.79 Å². The topological polar surface area (TPSA) is 22.0 Å². The Morgan fingerprint density at radius 3 is 2.59 bits per heavy atom. The van der Waals surface area contributed by atoms with E-state index in [0.717, 1.165) is 24.9 Å². The van der Waals surface area contributed by atoms with E-state index in [1.807, 2.05) is 37.4 Å². The highest BCUT2D eigenvalue weighted by Crippen LogP contribution is 2.03. The summed E-state index contributed by atoms with van der Waals surface area (Å²) in [4.78, 5) is 11.6. The van der Waals surface area contributed by atoms with Gasteiger partial charge in [-0.3, -0.25) is 4.79 Å². The molecule has 0 spiro atoms. The van der Waals surface area contributed by atoms with Gasteiger partial charge in [0.1, 0.15) is 0 Å². The molecule has 0 amide bonds. The molecular formula is C15H17NO. The molecule has 0 atom stereocenters. The van der Waals surface area contributed by atoms with E-state index in [2.05, 4.69) is 12.1 Å². The zero-order valence-electron chi connectivity index (χ0n) is 10.1. The summed E-state index contributed by atoms with van der Waals surface area (Å²) in [6, 6.07) is 14.0. The van der Waals surface area contributed by atoms with Crippen molar-refractivity contribution in [3.8, 4) is 0 Å². The normalized spacial score (nSPS) is 10.4. The third-order valence-electron chi connectivity index (χ3n) is 2.86. The predicted octanol–water partition coefficient (Wildman–Crippen LogP) is 2.79. The lowest BCUT2D eigenvalue weighted by molar-refractivity contribution is 0.621. The Hall–Kier alpha value is -1.83. The molecular weight excluding hydrogens is 210 g/mol. The van der Waals surface area contributed by atoms with Crippen LogP contribution in [-0.4, -0.2) is 4.57 Å². The molecule has 0 bridgehead atoms. The van der Waals surface area contributed by atoms with Gasteiger partial charge in [-0.2, -0.15) is 0 Å². The van der Waals surface area contributed by atoms with Crippen LogP contribution in [0.5, 0.6) is 0 Å². The van der Waals surface area contributed by atoms with E-state index in [-0.39, 0.29) is 5.56 Å². The van der Waals surface area contributed by atoms with Gasteiger partial charge in [-0.25, -0.2) is 0 Å². The van der Waals surface area contributed by atoms with Gasteiger partial charge in [-0.1, -0.05) is 30.3 Å². The Bertz CT molecular complexity index is 528. The van der Waals surface area contributed by atoms with Gasteiger partial charge in [0.15, 0.2) is 0 Å². The molecule has 88 valence electrons. The maximum Gasteiger partial charge on any atom is 0.250 e. The minimum Gasteiger partial charge on any atom is -0.316 e. The largest absolute Gasteiger partial charge is 0.316 e. The van der Waals surface area contributed by atoms with Crippen LogP contribution in [0.3, 0.4) is 0 Å². The monoisotopic (exact) mass is 227 g/mol. The molecule has 0 saturated heterocycles. The Morgan fingerprint density at radius 2 is 1.88 bits per heavy atom. The molecule has 0 saturated carbocycles.